The highest BCUT2D eigenvalue weighted by atomic mass is 35.5. The van der Waals surface area contributed by atoms with E-state index in [1.165, 1.54) is 6.07 Å². The van der Waals surface area contributed by atoms with E-state index < -0.39 is 5.82 Å². The number of nitrogens with one attached hydrogen (secondary N) is 1. The number of anilines is 2. The molecule has 112 valence electrons. The normalized spacial score (nSPS) is 10.7. The van der Waals surface area contributed by atoms with Crippen LogP contribution in [0.5, 0.6) is 5.75 Å². The molecule has 0 aliphatic rings. The van der Waals surface area contributed by atoms with Crippen molar-refractivity contribution < 1.29 is 9.13 Å². The molecule has 0 heterocycles. The number of rotatable bonds is 5. The van der Waals surface area contributed by atoms with E-state index in [-0.39, 0.29) is 11.9 Å². The van der Waals surface area contributed by atoms with Gasteiger partial charge in [0.2, 0.25) is 0 Å². The summed E-state index contributed by atoms with van der Waals surface area (Å²) < 4.78 is 19.2. The quantitative estimate of drug-likeness (QED) is 0.802. The third kappa shape index (κ3) is 4.02. The molecule has 0 saturated heterocycles. The Morgan fingerprint density at radius 2 is 2.00 bits per heavy atom. The molecule has 5 heteroatoms. The van der Waals surface area contributed by atoms with E-state index in [1.54, 1.807) is 6.07 Å². The van der Waals surface area contributed by atoms with Crippen LogP contribution in [0.2, 0.25) is 5.02 Å². The van der Waals surface area contributed by atoms with Crippen molar-refractivity contribution in [1.29, 1.82) is 0 Å². The predicted molar refractivity (Wildman–Crippen MR) is 85.4 cm³/mol. The molecule has 0 aliphatic carbocycles. The van der Waals surface area contributed by atoms with Crippen molar-refractivity contribution in [2.45, 2.75) is 26.5 Å². The number of benzene rings is 2. The highest BCUT2D eigenvalue weighted by Gasteiger charge is 2.11. The number of nitrogen functional groups attached to an aromatic ring is 1. The van der Waals surface area contributed by atoms with E-state index in [2.05, 4.69) is 5.32 Å². The van der Waals surface area contributed by atoms with E-state index in [0.29, 0.717) is 22.9 Å². The smallest absolute Gasteiger partial charge is 0.167 e. The lowest BCUT2D eigenvalue weighted by Crippen LogP contribution is -2.09. The van der Waals surface area contributed by atoms with E-state index in [0.717, 1.165) is 5.56 Å². The molecule has 0 radical (unpaired) electrons. The van der Waals surface area contributed by atoms with Gasteiger partial charge >= 0.3 is 0 Å². The number of hydrogen-bond acceptors (Lipinski definition) is 3. The predicted octanol–water partition coefficient (Wildman–Crippen LogP) is 4.46. The van der Waals surface area contributed by atoms with Crippen molar-refractivity contribution in [2.75, 3.05) is 11.1 Å². The average molecular weight is 309 g/mol. The minimum atomic E-state index is -0.468. The standard InChI is InChI=1S/C16H18ClFN2O/c1-10(2)21-16-8-15(14(19)7-13(16)18)20-9-11-5-3-4-6-12(11)17/h3-8,10,20H,9,19H2,1-2H3. The van der Waals surface area contributed by atoms with Crippen LogP contribution in [0.3, 0.4) is 0 Å². The summed E-state index contributed by atoms with van der Waals surface area (Å²) in [5.41, 5.74) is 7.72. The van der Waals surface area contributed by atoms with Gasteiger partial charge in [0.05, 0.1) is 17.5 Å². The van der Waals surface area contributed by atoms with Crippen LogP contribution in [0.1, 0.15) is 19.4 Å². The maximum atomic E-state index is 13.8. The fraction of sp³-hybridized carbons (Fsp3) is 0.250. The Morgan fingerprint density at radius 1 is 1.29 bits per heavy atom. The van der Waals surface area contributed by atoms with Crippen molar-refractivity contribution in [3.63, 3.8) is 0 Å². The van der Waals surface area contributed by atoms with Gasteiger partial charge < -0.3 is 15.8 Å². The molecule has 0 saturated carbocycles. The van der Waals surface area contributed by atoms with Gasteiger partial charge in [-0.2, -0.15) is 0 Å². The van der Waals surface area contributed by atoms with Crippen LogP contribution < -0.4 is 15.8 Å². The van der Waals surface area contributed by atoms with Gasteiger partial charge in [-0.1, -0.05) is 29.8 Å². The van der Waals surface area contributed by atoms with Gasteiger partial charge in [0.1, 0.15) is 0 Å². The van der Waals surface area contributed by atoms with Crippen LogP contribution >= 0.6 is 11.6 Å². The maximum Gasteiger partial charge on any atom is 0.167 e. The van der Waals surface area contributed by atoms with Crippen molar-refractivity contribution >= 4 is 23.0 Å². The van der Waals surface area contributed by atoms with E-state index in [9.17, 15) is 4.39 Å². The second-order valence-corrected chi connectivity index (χ2v) is 5.39. The molecule has 2 aromatic carbocycles. The Labute approximate surface area is 128 Å². The second-order valence-electron chi connectivity index (χ2n) is 4.98. The second kappa shape index (κ2) is 6.68. The number of hydrogen-bond donors (Lipinski definition) is 2. The van der Waals surface area contributed by atoms with Crippen LogP contribution in [0.15, 0.2) is 36.4 Å². The first-order valence-corrected chi connectivity index (χ1v) is 7.08. The van der Waals surface area contributed by atoms with Gasteiger partial charge in [0, 0.05) is 23.7 Å². The number of halogens is 2. The number of nitrogens with two attached hydrogens (primary N) is 1. The summed E-state index contributed by atoms with van der Waals surface area (Å²) in [4.78, 5) is 0. The summed E-state index contributed by atoms with van der Waals surface area (Å²) in [5.74, 6) is -0.287. The topological polar surface area (TPSA) is 47.3 Å². The van der Waals surface area contributed by atoms with Crippen molar-refractivity contribution in [1.82, 2.24) is 0 Å². The molecular formula is C16H18ClFN2O. The Morgan fingerprint density at radius 3 is 2.67 bits per heavy atom. The Kier molecular flexibility index (Phi) is 4.91. The molecule has 21 heavy (non-hydrogen) atoms. The molecule has 0 spiro atoms. The zero-order valence-corrected chi connectivity index (χ0v) is 12.7. The van der Waals surface area contributed by atoms with Gasteiger partial charge in [-0.25, -0.2) is 4.39 Å². The van der Waals surface area contributed by atoms with Crippen LogP contribution in [0.25, 0.3) is 0 Å². The monoisotopic (exact) mass is 308 g/mol. The maximum absolute atomic E-state index is 13.8. The lowest BCUT2D eigenvalue weighted by atomic mass is 10.2. The first-order chi connectivity index (χ1) is 9.97. The van der Waals surface area contributed by atoms with Crippen molar-refractivity contribution in [2.24, 2.45) is 0 Å². The summed E-state index contributed by atoms with van der Waals surface area (Å²) in [5, 5.41) is 3.83. The van der Waals surface area contributed by atoms with E-state index in [4.69, 9.17) is 22.1 Å². The molecule has 0 unspecified atom stereocenters. The summed E-state index contributed by atoms with van der Waals surface area (Å²) in [6.07, 6.45) is -0.112. The zero-order valence-electron chi connectivity index (χ0n) is 12.0. The van der Waals surface area contributed by atoms with Gasteiger partial charge in [-0.15, -0.1) is 0 Å². The molecule has 0 aromatic heterocycles. The number of ether oxygens (including phenoxy) is 1. The minimum absolute atomic E-state index is 0.112. The molecule has 0 amide bonds. The third-order valence-corrected chi connectivity index (χ3v) is 3.26. The molecule has 3 nitrogen and oxygen atoms in total. The zero-order chi connectivity index (χ0) is 15.4. The van der Waals surface area contributed by atoms with Gasteiger partial charge in [0.25, 0.3) is 0 Å². The van der Waals surface area contributed by atoms with Crippen LogP contribution in [0, 0.1) is 5.82 Å². The molecule has 2 aromatic rings. The lowest BCUT2D eigenvalue weighted by Gasteiger charge is -2.15. The fourth-order valence-electron chi connectivity index (χ4n) is 1.90. The Hall–Kier alpha value is -1.94. The van der Waals surface area contributed by atoms with Crippen LogP contribution in [-0.4, -0.2) is 6.10 Å². The van der Waals surface area contributed by atoms with Gasteiger partial charge in [-0.05, 0) is 25.5 Å². The molecule has 0 atom stereocenters. The molecule has 3 N–H and O–H groups in total. The van der Waals surface area contributed by atoms with Gasteiger partial charge in [0.15, 0.2) is 11.6 Å². The summed E-state index contributed by atoms with van der Waals surface area (Å²) in [6.45, 7) is 4.18. The molecule has 0 fully saturated rings. The lowest BCUT2D eigenvalue weighted by molar-refractivity contribution is 0.231. The molecular weight excluding hydrogens is 291 g/mol. The average Bonchev–Trinajstić information content (AvgIpc) is 2.41. The Bertz CT molecular complexity index is 632. The summed E-state index contributed by atoms with van der Waals surface area (Å²) in [6, 6.07) is 10.3. The minimum Gasteiger partial charge on any atom is -0.488 e. The van der Waals surface area contributed by atoms with Gasteiger partial charge in [-0.3, -0.25) is 0 Å². The van der Waals surface area contributed by atoms with Crippen LogP contribution in [-0.2, 0) is 6.54 Å². The molecule has 2 rings (SSSR count). The van der Waals surface area contributed by atoms with E-state index in [1.807, 2.05) is 38.1 Å². The fourth-order valence-corrected chi connectivity index (χ4v) is 2.10. The third-order valence-electron chi connectivity index (χ3n) is 2.89. The molecule has 0 aliphatic heterocycles. The summed E-state index contributed by atoms with van der Waals surface area (Å²) >= 11 is 6.10. The highest BCUT2D eigenvalue weighted by molar-refractivity contribution is 6.31. The first kappa shape index (κ1) is 15.4. The van der Waals surface area contributed by atoms with E-state index >= 15 is 0 Å². The van der Waals surface area contributed by atoms with Crippen LogP contribution in [0.4, 0.5) is 15.8 Å². The Balaban J connectivity index is 2.18. The largest absolute Gasteiger partial charge is 0.488 e. The SMILES string of the molecule is CC(C)Oc1cc(NCc2ccccc2Cl)c(N)cc1F. The van der Waals surface area contributed by atoms with Crippen molar-refractivity contribution in [3.8, 4) is 5.75 Å². The highest BCUT2D eigenvalue weighted by Crippen LogP contribution is 2.29. The molecule has 0 bridgehead atoms. The first-order valence-electron chi connectivity index (χ1n) is 6.70. The van der Waals surface area contributed by atoms with Crippen molar-refractivity contribution in [3.05, 3.63) is 52.8 Å². The summed E-state index contributed by atoms with van der Waals surface area (Å²) in [7, 11) is 0.